The van der Waals surface area contributed by atoms with Gasteiger partial charge in [0.1, 0.15) is 11.6 Å². The molecule has 0 atom stereocenters. The smallest absolute Gasteiger partial charge is 0.131 e. The van der Waals surface area contributed by atoms with Crippen LogP contribution in [0.3, 0.4) is 0 Å². The van der Waals surface area contributed by atoms with E-state index in [1.165, 1.54) is 6.42 Å². The SMILES string of the molecule is C[CH]c1c(F)cc(F)cc1Cl. The Morgan fingerprint density at radius 3 is 2.45 bits per heavy atom. The molecule has 0 unspecified atom stereocenters. The van der Waals surface area contributed by atoms with Crippen molar-refractivity contribution in [3.8, 4) is 0 Å². The molecule has 1 rings (SSSR count). The highest BCUT2D eigenvalue weighted by molar-refractivity contribution is 6.31. The molecule has 1 aromatic rings. The molecule has 0 amide bonds. The van der Waals surface area contributed by atoms with Gasteiger partial charge in [0, 0.05) is 16.7 Å². The molecule has 0 saturated heterocycles. The first kappa shape index (κ1) is 8.47. The highest BCUT2D eigenvalue weighted by Crippen LogP contribution is 2.21. The van der Waals surface area contributed by atoms with Gasteiger partial charge in [-0.25, -0.2) is 8.78 Å². The number of hydrogen-bond acceptors (Lipinski definition) is 0. The Morgan fingerprint density at radius 2 is 2.00 bits per heavy atom. The number of rotatable bonds is 1. The van der Waals surface area contributed by atoms with Crippen LogP contribution in [0.1, 0.15) is 12.5 Å². The molecule has 0 nitrogen and oxygen atoms in total. The van der Waals surface area contributed by atoms with E-state index >= 15 is 0 Å². The van der Waals surface area contributed by atoms with Crippen LogP contribution < -0.4 is 0 Å². The van der Waals surface area contributed by atoms with Gasteiger partial charge in [-0.1, -0.05) is 18.5 Å². The second-order valence-corrected chi connectivity index (χ2v) is 2.48. The van der Waals surface area contributed by atoms with Gasteiger partial charge >= 0.3 is 0 Å². The standard InChI is InChI=1S/C8H6ClF2/c1-2-6-7(9)3-5(10)4-8(6)11/h2-4H,1H3. The summed E-state index contributed by atoms with van der Waals surface area (Å²) in [6, 6.07) is 1.89. The summed E-state index contributed by atoms with van der Waals surface area (Å²) in [7, 11) is 0. The van der Waals surface area contributed by atoms with Crippen molar-refractivity contribution in [2.24, 2.45) is 0 Å². The molecule has 0 fully saturated rings. The van der Waals surface area contributed by atoms with Crippen LogP contribution >= 0.6 is 11.6 Å². The summed E-state index contributed by atoms with van der Waals surface area (Å²) >= 11 is 5.52. The van der Waals surface area contributed by atoms with E-state index < -0.39 is 11.6 Å². The Kier molecular flexibility index (Phi) is 2.45. The van der Waals surface area contributed by atoms with Crippen molar-refractivity contribution in [3.63, 3.8) is 0 Å². The fourth-order valence-electron chi connectivity index (χ4n) is 0.829. The van der Waals surface area contributed by atoms with Crippen LogP contribution in [-0.4, -0.2) is 0 Å². The lowest BCUT2D eigenvalue weighted by Gasteiger charge is -2.01. The molecule has 3 heteroatoms. The molecular weight excluding hydrogens is 170 g/mol. The Balaban J connectivity index is 3.25. The summed E-state index contributed by atoms with van der Waals surface area (Å²) in [6.45, 7) is 1.64. The summed E-state index contributed by atoms with van der Waals surface area (Å²) in [5, 5.41) is 0.102. The molecule has 1 radical (unpaired) electrons. The molecule has 0 N–H and O–H groups in total. The van der Waals surface area contributed by atoms with Crippen molar-refractivity contribution in [1.82, 2.24) is 0 Å². The van der Waals surface area contributed by atoms with Gasteiger partial charge in [-0.15, -0.1) is 0 Å². The third kappa shape index (κ3) is 1.69. The number of benzene rings is 1. The molecule has 0 bridgehead atoms. The minimum atomic E-state index is -0.655. The quantitative estimate of drug-likeness (QED) is 0.615. The Labute approximate surface area is 68.8 Å². The van der Waals surface area contributed by atoms with E-state index in [-0.39, 0.29) is 10.6 Å². The Hall–Kier alpha value is -0.630. The van der Waals surface area contributed by atoms with E-state index in [0.717, 1.165) is 12.1 Å². The molecule has 0 aliphatic carbocycles. The molecule has 0 spiro atoms. The first-order valence-electron chi connectivity index (χ1n) is 3.09. The summed E-state index contributed by atoms with van der Waals surface area (Å²) in [5.41, 5.74) is 0.244. The molecule has 0 heterocycles. The van der Waals surface area contributed by atoms with Crippen LogP contribution in [0.15, 0.2) is 12.1 Å². The van der Waals surface area contributed by atoms with Crippen LogP contribution in [0.4, 0.5) is 8.78 Å². The molecule has 0 aliphatic heterocycles. The highest BCUT2D eigenvalue weighted by Gasteiger charge is 2.06. The fourth-order valence-corrected chi connectivity index (χ4v) is 1.13. The van der Waals surface area contributed by atoms with Crippen molar-refractivity contribution >= 4 is 11.6 Å². The average molecular weight is 176 g/mol. The zero-order valence-corrected chi connectivity index (χ0v) is 6.62. The molecule has 59 valence electrons. The predicted octanol–water partition coefficient (Wildman–Crippen LogP) is 3.19. The molecule has 0 aliphatic rings. The topological polar surface area (TPSA) is 0 Å². The van der Waals surface area contributed by atoms with Gasteiger partial charge in [-0.2, -0.15) is 0 Å². The zero-order valence-electron chi connectivity index (χ0n) is 5.87. The van der Waals surface area contributed by atoms with Crippen LogP contribution in [0, 0.1) is 18.1 Å². The van der Waals surface area contributed by atoms with Crippen LogP contribution in [0.5, 0.6) is 0 Å². The minimum Gasteiger partial charge on any atom is -0.207 e. The van der Waals surface area contributed by atoms with Crippen LogP contribution in [0.2, 0.25) is 5.02 Å². The van der Waals surface area contributed by atoms with E-state index in [0.29, 0.717) is 0 Å². The van der Waals surface area contributed by atoms with Crippen LogP contribution in [0.25, 0.3) is 0 Å². The van der Waals surface area contributed by atoms with Crippen molar-refractivity contribution in [3.05, 3.63) is 40.8 Å². The second-order valence-electron chi connectivity index (χ2n) is 2.07. The molecule has 1 aromatic carbocycles. The summed E-state index contributed by atoms with van der Waals surface area (Å²) in [4.78, 5) is 0. The maximum Gasteiger partial charge on any atom is 0.131 e. The second kappa shape index (κ2) is 3.18. The maximum absolute atomic E-state index is 12.8. The third-order valence-corrected chi connectivity index (χ3v) is 1.65. The molecule has 0 saturated carbocycles. The lowest BCUT2D eigenvalue weighted by molar-refractivity contribution is 0.579. The zero-order chi connectivity index (χ0) is 8.43. The van der Waals surface area contributed by atoms with E-state index in [1.807, 2.05) is 0 Å². The predicted molar refractivity (Wildman–Crippen MR) is 40.4 cm³/mol. The maximum atomic E-state index is 12.8. The van der Waals surface area contributed by atoms with E-state index in [1.54, 1.807) is 6.92 Å². The Morgan fingerprint density at radius 1 is 1.36 bits per heavy atom. The van der Waals surface area contributed by atoms with Crippen molar-refractivity contribution in [2.75, 3.05) is 0 Å². The van der Waals surface area contributed by atoms with Crippen molar-refractivity contribution in [1.29, 1.82) is 0 Å². The van der Waals surface area contributed by atoms with Gasteiger partial charge in [0.05, 0.1) is 0 Å². The van der Waals surface area contributed by atoms with Gasteiger partial charge in [-0.3, -0.25) is 0 Å². The number of halogens is 3. The molecule has 0 aromatic heterocycles. The molecular formula is C8H6ClF2. The summed E-state index contributed by atoms with van der Waals surface area (Å²) in [5.74, 6) is -1.28. The average Bonchev–Trinajstić information content (AvgIpc) is 1.85. The van der Waals surface area contributed by atoms with Gasteiger partial charge in [0.25, 0.3) is 0 Å². The summed E-state index contributed by atoms with van der Waals surface area (Å²) in [6.07, 6.45) is 1.50. The van der Waals surface area contributed by atoms with Gasteiger partial charge in [0.15, 0.2) is 0 Å². The highest BCUT2D eigenvalue weighted by atomic mass is 35.5. The van der Waals surface area contributed by atoms with E-state index in [9.17, 15) is 8.78 Å². The summed E-state index contributed by atoms with van der Waals surface area (Å²) < 4.78 is 25.2. The van der Waals surface area contributed by atoms with Crippen molar-refractivity contribution in [2.45, 2.75) is 6.92 Å². The van der Waals surface area contributed by atoms with E-state index in [2.05, 4.69) is 0 Å². The lowest BCUT2D eigenvalue weighted by atomic mass is 10.1. The van der Waals surface area contributed by atoms with Crippen LogP contribution in [-0.2, 0) is 0 Å². The first-order valence-corrected chi connectivity index (χ1v) is 3.47. The first-order chi connectivity index (χ1) is 5.15. The minimum absolute atomic E-state index is 0.102. The van der Waals surface area contributed by atoms with Gasteiger partial charge in [0.2, 0.25) is 0 Å². The molecule has 11 heavy (non-hydrogen) atoms. The number of hydrogen-bond donors (Lipinski definition) is 0. The fraction of sp³-hybridized carbons (Fsp3) is 0.125. The normalized spacial score (nSPS) is 10.2. The van der Waals surface area contributed by atoms with Gasteiger partial charge in [-0.05, 0) is 12.5 Å². The Bertz CT molecular complexity index is 248. The van der Waals surface area contributed by atoms with E-state index in [4.69, 9.17) is 11.6 Å². The third-order valence-electron chi connectivity index (χ3n) is 1.33. The largest absolute Gasteiger partial charge is 0.207 e. The lowest BCUT2D eigenvalue weighted by Crippen LogP contribution is -1.89. The monoisotopic (exact) mass is 175 g/mol. The van der Waals surface area contributed by atoms with Crippen molar-refractivity contribution < 1.29 is 8.78 Å². The van der Waals surface area contributed by atoms with Gasteiger partial charge < -0.3 is 0 Å².